The number of amides is 1. The summed E-state index contributed by atoms with van der Waals surface area (Å²) >= 11 is 5.89. The number of aromatic amines is 1. The highest BCUT2D eigenvalue weighted by molar-refractivity contribution is 6.31. The number of methoxy groups -OCH3 is 1. The number of hydrogen-bond donors (Lipinski definition) is 3. The number of aromatic nitrogens is 3. The van der Waals surface area contributed by atoms with Crippen molar-refractivity contribution in [2.45, 2.75) is 13.5 Å². The molecule has 7 nitrogen and oxygen atoms in total. The van der Waals surface area contributed by atoms with Crippen molar-refractivity contribution >= 4 is 23.2 Å². The minimum Gasteiger partial charge on any atom is -0.398 e. The number of anilines is 1. The molecule has 108 valence electrons. The molecule has 20 heavy (non-hydrogen) atoms. The van der Waals surface area contributed by atoms with E-state index in [-0.39, 0.29) is 5.91 Å². The van der Waals surface area contributed by atoms with Gasteiger partial charge in [0.1, 0.15) is 6.61 Å². The van der Waals surface area contributed by atoms with Gasteiger partial charge in [0.2, 0.25) is 5.91 Å². The molecule has 1 amide bonds. The summed E-state index contributed by atoms with van der Waals surface area (Å²) in [5.74, 6) is 0.837. The quantitative estimate of drug-likeness (QED) is 0.738. The van der Waals surface area contributed by atoms with Crippen LogP contribution in [0.5, 0.6) is 0 Å². The Bertz CT molecular complexity index is 581. The maximum absolute atomic E-state index is 9.22. The fourth-order valence-corrected chi connectivity index (χ4v) is 1.51. The molecular formula is C12H16ClN5O2. The third-order valence-corrected chi connectivity index (χ3v) is 2.30. The SMILES string of the molecule is CC(N)=O.COCc1nc(-c2cc(Cl)ccc2N)n[nH]1. The first-order chi connectivity index (χ1) is 9.43. The van der Waals surface area contributed by atoms with Gasteiger partial charge < -0.3 is 16.2 Å². The van der Waals surface area contributed by atoms with E-state index in [0.29, 0.717) is 34.5 Å². The smallest absolute Gasteiger partial charge is 0.214 e. The van der Waals surface area contributed by atoms with E-state index < -0.39 is 0 Å². The number of primary amides is 1. The highest BCUT2D eigenvalue weighted by Crippen LogP contribution is 2.25. The van der Waals surface area contributed by atoms with Crippen LogP contribution in [0.25, 0.3) is 11.4 Å². The number of carbonyl (C=O) groups excluding carboxylic acids is 1. The number of nitrogens with zero attached hydrogens (tertiary/aromatic N) is 2. The van der Waals surface area contributed by atoms with Crippen LogP contribution in [0.3, 0.4) is 0 Å². The number of H-pyrrole nitrogens is 1. The molecule has 0 atom stereocenters. The Hall–Kier alpha value is -2.12. The number of halogens is 1. The zero-order valence-electron chi connectivity index (χ0n) is 11.2. The monoisotopic (exact) mass is 297 g/mol. The van der Waals surface area contributed by atoms with Gasteiger partial charge in [0, 0.05) is 30.3 Å². The van der Waals surface area contributed by atoms with Gasteiger partial charge >= 0.3 is 0 Å². The summed E-state index contributed by atoms with van der Waals surface area (Å²) in [6.07, 6.45) is 0. The lowest BCUT2D eigenvalue weighted by Crippen LogP contribution is -2.01. The zero-order chi connectivity index (χ0) is 15.1. The molecule has 0 aliphatic carbocycles. The van der Waals surface area contributed by atoms with Crippen LogP contribution < -0.4 is 11.5 Å². The van der Waals surface area contributed by atoms with Gasteiger partial charge in [0.25, 0.3) is 0 Å². The normalized spacial score (nSPS) is 9.75. The summed E-state index contributed by atoms with van der Waals surface area (Å²) in [6, 6.07) is 5.18. The summed E-state index contributed by atoms with van der Waals surface area (Å²) < 4.78 is 4.94. The molecule has 0 spiro atoms. The van der Waals surface area contributed by atoms with Gasteiger partial charge in [0.05, 0.1) is 0 Å². The summed E-state index contributed by atoms with van der Waals surface area (Å²) in [6.45, 7) is 1.69. The lowest BCUT2D eigenvalue weighted by atomic mass is 10.2. The first-order valence-electron chi connectivity index (χ1n) is 5.65. The van der Waals surface area contributed by atoms with E-state index in [2.05, 4.69) is 20.9 Å². The average Bonchev–Trinajstić information content (AvgIpc) is 2.80. The number of ether oxygens (including phenoxy) is 1. The molecule has 0 bridgehead atoms. The van der Waals surface area contributed by atoms with Crippen molar-refractivity contribution in [1.29, 1.82) is 0 Å². The Labute approximate surface area is 121 Å². The fourth-order valence-electron chi connectivity index (χ4n) is 1.34. The van der Waals surface area contributed by atoms with Crippen molar-refractivity contribution < 1.29 is 9.53 Å². The summed E-state index contributed by atoms with van der Waals surface area (Å²) in [4.78, 5) is 13.5. The van der Waals surface area contributed by atoms with Crippen LogP contribution in [0, 0.1) is 0 Å². The van der Waals surface area contributed by atoms with Crippen molar-refractivity contribution in [2.24, 2.45) is 5.73 Å². The highest BCUT2D eigenvalue weighted by Gasteiger charge is 2.09. The van der Waals surface area contributed by atoms with E-state index in [0.717, 1.165) is 0 Å². The van der Waals surface area contributed by atoms with Crippen molar-refractivity contribution in [3.8, 4) is 11.4 Å². The molecule has 8 heteroatoms. The maximum Gasteiger partial charge on any atom is 0.214 e. The highest BCUT2D eigenvalue weighted by atomic mass is 35.5. The second-order valence-electron chi connectivity index (χ2n) is 3.88. The summed E-state index contributed by atoms with van der Waals surface area (Å²) in [5, 5.41) is 7.42. The van der Waals surface area contributed by atoms with Crippen LogP contribution in [0.15, 0.2) is 18.2 Å². The third-order valence-electron chi connectivity index (χ3n) is 2.07. The minimum atomic E-state index is -0.333. The van der Waals surface area contributed by atoms with Gasteiger partial charge in [-0.25, -0.2) is 4.98 Å². The largest absolute Gasteiger partial charge is 0.398 e. The zero-order valence-corrected chi connectivity index (χ0v) is 11.9. The second kappa shape index (κ2) is 7.46. The number of carbonyl (C=O) groups is 1. The molecule has 5 N–H and O–H groups in total. The standard InChI is InChI=1S/C10H11ClN4O.C2H5NO/c1-16-5-9-13-10(15-14-9)7-4-6(11)2-3-8(7)12;1-2(3)4/h2-4H,5,12H2,1H3,(H,13,14,15);1H3,(H2,3,4). The van der Waals surface area contributed by atoms with E-state index in [1.807, 2.05) is 0 Å². The lowest BCUT2D eigenvalue weighted by molar-refractivity contribution is -0.115. The Morgan fingerprint density at radius 3 is 2.75 bits per heavy atom. The molecule has 2 aromatic rings. The van der Waals surface area contributed by atoms with Gasteiger partial charge in [-0.15, -0.1) is 0 Å². The van der Waals surface area contributed by atoms with Crippen LogP contribution in [0.2, 0.25) is 5.02 Å². The molecule has 2 rings (SSSR count). The Kier molecular flexibility index (Phi) is 5.95. The molecular weight excluding hydrogens is 282 g/mol. The maximum atomic E-state index is 9.22. The predicted octanol–water partition coefficient (Wildman–Crippen LogP) is 1.35. The Morgan fingerprint density at radius 1 is 1.50 bits per heavy atom. The first-order valence-corrected chi connectivity index (χ1v) is 6.03. The van der Waals surface area contributed by atoms with Crippen LogP contribution in [-0.2, 0) is 16.1 Å². The molecule has 1 heterocycles. The van der Waals surface area contributed by atoms with Crippen molar-refractivity contribution in [3.05, 3.63) is 29.0 Å². The average molecular weight is 298 g/mol. The van der Waals surface area contributed by atoms with Gasteiger partial charge in [-0.1, -0.05) is 11.6 Å². The first kappa shape index (κ1) is 15.9. The van der Waals surface area contributed by atoms with Gasteiger partial charge in [-0.2, -0.15) is 5.10 Å². The summed E-state index contributed by atoms with van der Waals surface area (Å²) in [5.41, 5.74) is 11.6. The van der Waals surface area contributed by atoms with Gasteiger partial charge in [-0.3, -0.25) is 9.89 Å². The van der Waals surface area contributed by atoms with E-state index in [9.17, 15) is 4.79 Å². The predicted molar refractivity (Wildman–Crippen MR) is 76.8 cm³/mol. The fraction of sp³-hybridized carbons (Fsp3) is 0.250. The molecule has 1 aromatic carbocycles. The number of nitrogens with one attached hydrogen (secondary N) is 1. The molecule has 1 aromatic heterocycles. The number of benzene rings is 1. The van der Waals surface area contributed by atoms with E-state index in [4.69, 9.17) is 22.1 Å². The molecule has 0 aliphatic heterocycles. The second-order valence-corrected chi connectivity index (χ2v) is 4.32. The van der Waals surface area contributed by atoms with Crippen LogP contribution in [0.4, 0.5) is 5.69 Å². The molecule has 0 saturated heterocycles. The molecule has 0 unspecified atom stereocenters. The molecule has 0 fully saturated rings. The number of nitrogen functional groups attached to an aromatic ring is 1. The van der Waals surface area contributed by atoms with Crippen molar-refractivity contribution in [1.82, 2.24) is 15.2 Å². The Morgan fingerprint density at radius 2 is 2.15 bits per heavy atom. The molecule has 0 saturated carbocycles. The topological polar surface area (TPSA) is 120 Å². The number of rotatable bonds is 3. The van der Waals surface area contributed by atoms with Gasteiger partial charge in [0.15, 0.2) is 11.6 Å². The van der Waals surface area contributed by atoms with Crippen LogP contribution >= 0.6 is 11.6 Å². The molecule has 0 radical (unpaired) electrons. The third kappa shape index (κ3) is 4.87. The Balaban J connectivity index is 0.000000444. The van der Waals surface area contributed by atoms with Gasteiger partial charge in [-0.05, 0) is 18.2 Å². The molecule has 0 aliphatic rings. The summed E-state index contributed by atoms with van der Waals surface area (Å²) in [7, 11) is 1.59. The van der Waals surface area contributed by atoms with E-state index in [1.165, 1.54) is 6.92 Å². The number of nitrogens with two attached hydrogens (primary N) is 2. The van der Waals surface area contributed by atoms with E-state index >= 15 is 0 Å². The lowest BCUT2D eigenvalue weighted by Gasteiger charge is -2.00. The van der Waals surface area contributed by atoms with Crippen molar-refractivity contribution in [3.63, 3.8) is 0 Å². The van der Waals surface area contributed by atoms with E-state index in [1.54, 1.807) is 25.3 Å². The van der Waals surface area contributed by atoms with Crippen molar-refractivity contribution in [2.75, 3.05) is 12.8 Å². The minimum absolute atomic E-state index is 0.333. The van der Waals surface area contributed by atoms with Crippen LogP contribution in [-0.4, -0.2) is 28.2 Å². The van der Waals surface area contributed by atoms with Crippen LogP contribution in [0.1, 0.15) is 12.7 Å². The number of hydrogen-bond acceptors (Lipinski definition) is 5.